The Hall–Kier alpha value is -1.39. The van der Waals surface area contributed by atoms with E-state index in [2.05, 4.69) is 16.9 Å². The molecular weight excluding hydrogens is 265 g/mol. The van der Waals surface area contributed by atoms with E-state index in [1.807, 2.05) is 24.1 Å². The summed E-state index contributed by atoms with van der Waals surface area (Å²) < 4.78 is 14.9. The first-order valence-corrected chi connectivity index (χ1v) is 6.60. The van der Waals surface area contributed by atoms with E-state index in [9.17, 15) is 4.39 Å². The fourth-order valence-corrected chi connectivity index (χ4v) is 2.20. The second kappa shape index (κ2) is 6.17. The summed E-state index contributed by atoms with van der Waals surface area (Å²) in [5.41, 5.74) is 2.08. The Labute approximate surface area is 117 Å². The van der Waals surface area contributed by atoms with E-state index in [-0.39, 0.29) is 5.82 Å². The Morgan fingerprint density at radius 1 is 1.37 bits per heavy atom. The summed E-state index contributed by atoms with van der Waals surface area (Å²) in [4.78, 5) is 2.12. The Bertz CT molecular complexity index is 553. The minimum absolute atomic E-state index is 0.305. The SMILES string of the molecule is CCn1cc(CN(C)Cc2ccc(F)cc2Cl)cn1. The molecule has 0 saturated heterocycles. The fourth-order valence-electron chi connectivity index (χ4n) is 1.97. The summed E-state index contributed by atoms with van der Waals surface area (Å²) in [5, 5.41) is 4.71. The van der Waals surface area contributed by atoms with Crippen LogP contribution in [0.15, 0.2) is 30.6 Å². The lowest BCUT2D eigenvalue weighted by Gasteiger charge is -2.16. The van der Waals surface area contributed by atoms with Gasteiger partial charge in [-0.3, -0.25) is 9.58 Å². The van der Waals surface area contributed by atoms with E-state index in [1.54, 1.807) is 6.07 Å². The number of hydrogen-bond donors (Lipinski definition) is 0. The van der Waals surface area contributed by atoms with Crippen LogP contribution in [-0.4, -0.2) is 21.7 Å². The van der Waals surface area contributed by atoms with Gasteiger partial charge >= 0.3 is 0 Å². The predicted molar refractivity (Wildman–Crippen MR) is 74.5 cm³/mol. The molecule has 0 aliphatic heterocycles. The molecule has 0 radical (unpaired) electrons. The van der Waals surface area contributed by atoms with Gasteiger partial charge in [0.1, 0.15) is 5.82 Å². The van der Waals surface area contributed by atoms with Gasteiger partial charge in [-0.15, -0.1) is 0 Å². The van der Waals surface area contributed by atoms with Crippen molar-refractivity contribution in [1.82, 2.24) is 14.7 Å². The fraction of sp³-hybridized carbons (Fsp3) is 0.357. The Kier molecular flexibility index (Phi) is 4.56. The van der Waals surface area contributed by atoms with Crippen LogP contribution in [0.2, 0.25) is 5.02 Å². The zero-order valence-corrected chi connectivity index (χ0v) is 11.9. The van der Waals surface area contributed by atoms with Crippen molar-refractivity contribution in [3.63, 3.8) is 0 Å². The maximum absolute atomic E-state index is 13.0. The zero-order chi connectivity index (χ0) is 13.8. The maximum atomic E-state index is 13.0. The summed E-state index contributed by atoms with van der Waals surface area (Å²) >= 11 is 6.02. The first-order valence-electron chi connectivity index (χ1n) is 6.22. The molecule has 1 heterocycles. The van der Waals surface area contributed by atoms with Gasteiger partial charge in [-0.1, -0.05) is 17.7 Å². The minimum Gasteiger partial charge on any atom is -0.298 e. The van der Waals surface area contributed by atoms with Crippen molar-refractivity contribution in [1.29, 1.82) is 0 Å². The van der Waals surface area contributed by atoms with Crippen LogP contribution in [0.1, 0.15) is 18.1 Å². The molecule has 0 unspecified atom stereocenters. The molecule has 0 fully saturated rings. The van der Waals surface area contributed by atoms with Gasteiger partial charge in [-0.05, 0) is 31.7 Å². The lowest BCUT2D eigenvalue weighted by Crippen LogP contribution is -2.17. The van der Waals surface area contributed by atoms with Crippen LogP contribution < -0.4 is 0 Å². The highest BCUT2D eigenvalue weighted by Crippen LogP contribution is 2.19. The van der Waals surface area contributed by atoms with Crippen molar-refractivity contribution in [3.8, 4) is 0 Å². The standard InChI is InChI=1S/C14H17ClFN3/c1-3-19-9-11(7-17-19)8-18(2)10-12-4-5-13(16)6-14(12)15/h4-7,9H,3,8,10H2,1-2H3. The molecule has 0 aliphatic carbocycles. The molecule has 1 aromatic carbocycles. The van der Waals surface area contributed by atoms with Gasteiger partial charge in [0.05, 0.1) is 6.20 Å². The van der Waals surface area contributed by atoms with Gasteiger partial charge < -0.3 is 0 Å². The third-order valence-corrected chi connectivity index (χ3v) is 3.27. The van der Waals surface area contributed by atoms with Gasteiger partial charge in [0, 0.05) is 36.4 Å². The first-order chi connectivity index (χ1) is 9.08. The smallest absolute Gasteiger partial charge is 0.124 e. The van der Waals surface area contributed by atoms with Crippen LogP contribution in [0.3, 0.4) is 0 Å². The number of rotatable bonds is 5. The summed E-state index contributed by atoms with van der Waals surface area (Å²) in [5.74, 6) is -0.305. The topological polar surface area (TPSA) is 21.1 Å². The summed E-state index contributed by atoms with van der Waals surface area (Å²) in [6, 6.07) is 4.51. The number of nitrogens with zero attached hydrogens (tertiary/aromatic N) is 3. The van der Waals surface area contributed by atoms with E-state index >= 15 is 0 Å². The van der Waals surface area contributed by atoms with Crippen LogP contribution >= 0.6 is 11.6 Å². The molecule has 1 aromatic heterocycles. The molecular formula is C14H17ClFN3. The van der Waals surface area contributed by atoms with Crippen LogP contribution in [0.25, 0.3) is 0 Å². The second-order valence-electron chi connectivity index (χ2n) is 4.61. The highest BCUT2D eigenvalue weighted by molar-refractivity contribution is 6.31. The zero-order valence-electron chi connectivity index (χ0n) is 11.1. The van der Waals surface area contributed by atoms with E-state index in [1.165, 1.54) is 12.1 Å². The highest BCUT2D eigenvalue weighted by atomic mass is 35.5. The van der Waals surface area contributed by atoms with E-state index < -0.39 is 0 Å². The molecule has 3 nitrogen and oxygen atoms in total. The largest absolute Gasteiger partial charge is 0.298 e. The number of halogens is 2. The molecule has 2 rings (SSSR count). The van der Waals surface area contributed by atoms with Crippen LogP contribution in [0.4, 0.5) is 4.39 Å². The highest BCUT2D eigenvalue weighted by Gasteiger charge is 2.07. The number of hydrogen-bond acceptors (Lipinski definition) is 2. The van der Waals surface area contributed by atoms with Gasteiger partial charge in [-0.25, -0.2) is 4.39 Å². The third-order valence-electron chi connectivity index (χ3n) is 2.92. The monoisotopic (exact) mass is 281 g/mol. The molecule has 0 atom stereocenters. The summed E-state index contributed by atoms with van der Waals surface area (Å²) in [6.45, 7) is 4.39. The average Bonchev–Trinajstić information content (AvgIpc) is 2.80. The molecule has 0 N–H and O–H groups in total. The van der Waals surface area contributed by atoms with Gasteiger partial charge in [-0.2, -0.15) is 5.10 Å². The normalized spacial score (nSPS) is 11.2. The van der Waals surface area contributed by atoms with Crippen LogP contribution in [-0.2, 0) is 19.6 Å². The molecule has 19 heavy (non-hydrogen) atoms. The van der Waals surface area contributed by atoms with E-state index in [0.717, 1.165) is 24.2 Å². The first kappa shape index (κ1) is 14.0. The second-order valence-corrected chi connectivity index (χ2v) is 5.02. The van der Waals surface area contributed by atoms with Crippen LogP contribution in [0.5, 0.6) is 0 Å². The minimum atomic E-state index is -0.305. The molecule has 2 aromatic rings. The lowest BCUT2D eigenvalue weighted by atomic mass is 10.2. The maximum Gasteiger partial charge on any atom is 0.124 e. The molecule has 0 bridgehead atoms. The molecule has 5 heteroatoms. The lowest BCUT2D eigenvalue weighted by molar-refractivity contribution is 0.319. The van der Waals surface area contributed by atoms with Crippen molar-refractivity contribution in [2.45, 2.75) is 26.6 Å². The van der Waals surface area contributed by atoms with Gasteiger partial charge in [0.15, 0.2) is 0 Å². The molecule has 0 saturated carbocycles. The van der Waals surface area contributed by atoms with E-state index in [0.29, 0.717) is 11.6 Å². The Morgan fingerprint density at radius 2 is 2.16 bits per heavy atom. The number of benzene rings is 1. The quantitative estimate of drug-likeness (QED) is 0.838. The van der Waals surface area contributed by atoms with Gasteiger partial charge in [0.2, 0.25) is 0 Å². The molecule has 0 amide bonds. The molecule has 0 aliphatic rings. The Morgan fingerprint density at radius 3 is 2.79 bits per heavy atom. The molecule has 0 spiro atoms. The predicted octanol–water partition coefficient (Wildman–Crippen LogP) is 3.33. The van der Waals surface area contributed by atoms with Crippen molar-refractivity contribution in [2.75, 3.05) is 7.05 Å². The van der Waals surface area contributed by atoms with Crippen molar-refractivity contribution in [3.05, 3.63) is 52.6 Å². The Balaban J connectivity index is 1.98. The molecule has 102 valence electrons. The van der Waals surface area contributed by atoms with Crippen molar-refractivity contribution >= 4 is 11.6 Å². The van der Waals surface area contributed by atoms with Crippen LogP contribution in [0, 0.1) is 5.82 Å². The van der Waals surface area contributed by atoms with Crippen molar-refractivity contribution in [2.24, 2.45) is 0 Å². The average molecular weight is 282 g/mol. The van der Waals surface area contributed by atoms with Crippen molar-refractivity contribution < 1.29 is 4.39 Å². The third kappa shape index (κ3) is 3.78. The number of aryl methyl sites for hydroxylation is 1. The van der Waals surface area contributed by atoms with Gasteiger partial charge in [0.25, 0.3) is 0 Å². The number of aromatic nitrogens is 2. The summed E-state index contributed by atoms with van der Waals surface area (Å²) in [6.07, 6.45) is 3.90. The van der Waals surface area contributed by atoms with E-state index in [4.69, 9.17) is 11.6 Å². The summed E-state index contributed by atoms with van der Waals surface area (Å²) in [7, 11) is 2.00.